The predicted octanol–water partition coefficient (Wildman–Crippen LogP) is 14.2. The first-order valence-corrected chi connectivity index (χ1v) is 19.8. The zero-order valence-electron chi connectivity index (χ0n) is 31.6. The molecular weight excluding hydrogens is 679 g/mol. The van der Waals surface area contributed by atoms with E-state index in [1.807, 2.05) is 0 Å². The molecule has 0 fully saturated rings. The van der Waals surface area contributed by atoms with Crippen LogP contribution >= 0.6 is 0 Å². The van der Waals surface area contributed by atoms with Crippen LogP contribution in [0.3, 0.4) is 0 Å². The maximum atomic E-state index is 3.99. The molecule has 270 valence electrons. The van der Waals surface area contributed by atoms with E-state index in [1.54, 1.807) is 0 Å². The summed E-state index contributed by atoms with van der Waals surface area (Å²) in [5.41, 5.74) is 13.7. The van der Waals surface area contributed by atoms with E-state index < -0.39 is 0 Å². The summed E-state index contributed by atoms with van der Waals surface area (Å²) in [7, 11) is 0. The molecule has 0 saturated carbocycles. The smallest absolute Gasteiger partial charge is 0.0926 e. The molecule has 2 heterocycles. The number of para-hydroxylation sites is 2. The fourth-order valence-electron chi connectivity index (χ4n) is 8.92. The fourth-order valence-corrected chi connectivity index (χ4v) is 8.92. The molecule has 1 atom stereocenters. The molecule has 1 N–H and O–H groups in total. The zero-order valence-corrected chi connectivity index (χ0v) is 31.6. The van der Waals surface area contributed by atoms with Crippen LogP contribution < -0.4 is 5.32 Å². The molecule has 0 bridgehead atoms. The molecule has 10 rings (SSSR count). The lowest BCUT2D eigenvalue weighted by Gasteiger charge is -2.23. The molecule has 0 saturated heterocycles. The van der Waals surface area contributed by atoms with Crippen molar-refractivity contribution >= 4 is 49.2 Å². The van der Waals surface area contributed by atoms with Crippen molar-refractivity contribution in [1.82, 2.24) is 9.13 Å². The average molecular weight is 722 g/mol. The predicted molar refractivity (Wildman–Crippen MR) is 238 cm³/mol. The molecule has 0 amide bonds. The van der Waals surface area contributed by atoms with Crippen molar-refractivity contribution < 1.29 is 0 Å². The number of nitrogens with one attached hydrogen (secondary N) is 1. The maximum absolute atomic E-state index is 3.99. The van der Waals surface area contributed by atoms with Gasteiger partial charge in [-0.1, -0.05) is 153 Å². The first-order valence-electron chi connectivity index (χ1n) is 19.8. The quantitative estimate of drug-likeness (QED) is 0.149. The Hall–Kier alpha value is -6.84. The highest BCUT2D eigenvalue weighted by Gasteiger charge is 2.21. The number of hydrogen-bond acceptors (Lipinski definition) is 1. The van der Waals surface area contributed by atoms with E-state index in [9.17, 15) is 0 Å². The maximum Gasteiger partial charge on any atom is 0.0926 e. The normalized spacial score (nSPS) is 12.2. The molecule has 2 aromatic heterocycles. The van der Waals surface area contributed by atoms with Gasteiger partial charge in [0.1, 0.15) is 0 Å². The highest BCUT2D eigenvalue weighted by atomic mass is 15.1. The van der Waals surface area contributed by atoms with Gasteiger partial charge in [-0.15, -0.1) is 0 Å². The molecule has 3 heteroatoms. The summed E-state index contributed by atoms with van der Waals surface area (Å²) >= 11 is 0. The SMILES string of the molecule is CCCC(c1cc(-c2ccccc2)cc(-c2ccccc2)c1)c1ccccc1NCn1c2ccc3ccccc3c2c2c3ccn(-c4ccccc4)c3ccc21. The molecule has 0 aliphatic carbocycles. The Morgan fingerprint density at radius 2 is 1.09 bits per heavy atom. The summed E-state index contributed by atoms with van der Waals surface area (Å²) in [4.78, 5) is 0. The third-order valence-corrected chi connectivity index (χ3v) is 11.5. The molecule has 8 aromatic carbocycles. The lowest BCUT2D eigenvalue weighted by molar-refractivity contribution is 0.697. The molecule has 0 spiro atoms. The van der Waals surface area contributed by atoms with Crippen LogP contribution in [0.5, 0.6) is 0 Å². The van der Waals surface area contributed by atoms with Gasteiger partial charge in [0.15, 0.2) is 0 Å². The van der Waals surface area contributed by atoms with Crippen molar-refractivity contribution in [2.45, 2.75) is 32.4 Å². The van der Waals surface area contributed by atoms with Gasteiger partial charge in [-0.2, -0.15) is 0 Å². The largest absolute Gasteiger partial charge is 0.367 e. The summed E-state index contributed by atoms with van der Waals surface area (Å²) in [5, 5.41) is 10.4. The number of hydrogen-bond donors (Lipinski definition) is 1. The van der Waals surface area contributed by atoms with Crippen molar-refractivity contribution in [3.8, 4) is 27.9 Å². The standard InChI is InChI=1S/C53H43N3/c1-2-16-44(42-34-40(37-17-6-3-7-18-37)33-41(35-42)38-19-8-4-9-20-38)46-25-14-15-26-48(46)54-36-56-50-28-27-39-21-12-13-24-45(39)52(50)53-47-31-32-55(43-22-10-5-11-23-43)49(47)29-30-51(53)56/h3-15,17-35,44,54H,2,16,36H2,1H3. The van der Waals surface area contributed by atoms with Crippen LogP contribution in [-0.2, 0) is 6.67 Å². The Bertz CT molecular complexity index is 2920. The molecule has 56 heavy (non-hydrogen) atoms. The van der Waals surface area contributed by atoms with Gasteiger partial charge in [0.2, 0.25) is 0 Å². The van der Waals surface area contributed by atoms with Crippen LogP contribution in [0.15, 0.2) is 194 Å². The summed E-state index contributed by atoms with van der Waals surface area (Å²) in [6, 6.07) is 68.7. The fraction of sp³-hybridized carbons (Fsp3) is 0.0943. The van der Waals surface area contributed by atoms with Gasteiger partial charge in [0, 0.05) is 39.6 Å². The van der Waals surface area contributed by atoms with E-state index in [1.165, 1.54) is 88.2 Å². The summed E-state index contributed by atoms with van der Waals surface area (Å²) in [6.07, 6.45) is 4.34. The minimum Gasteiger partial charge on any atom is -0.367 e. The molecule has 0 aliphatic heterocycles. The van der Waals surface area contributed by atoms with Crippen molar-refractivity contribution in [2.75, 3.05) is 5.32 Å². The second kappa shape index (κ2) is 14.4. The van der Waals surface area contributed by atoms with Crippen molar-refractivity contribution in [3.05, 3.63) is 205 Å². The first-order chi connectivity index (χ1) is 27.7. The van der Waals surface area contributed by atoms with Crippen molar-refractivity contribution in [3.63, 3.8) is 0 Å². The molecule has 0 radical (unpaired) electrons. The lowest BCUT2D eigenvalue weighted by Crippen LogP contribution is -2.11. The van der Waals surface area contributed by atoms with Gasteiger partial charge in [-0.05, 0) is 99.1 Å². The Morgan fingerprint density at radius 3 is 1.80 bits per heavy atom. The van der Waals surface area contributed by atoms with Gasteiger partial charge in [0.05, 0.1) is 23.2 Å². The zero-order chi connectivity index (χ0) is 37.4. The third-order valence-electron chi connectivity index (χ3n) is 11.5. The second-order valence-electron chi connectivity index (χ2n) is 14.9. The van der Waals surface area contributed by atoms with E-state index >= 15 is 0 Å². The Morgan fingerprint density at radius 1 is 0.500 bits per heavy atom. The Balaban J connectivity index is 1.09. The number of rotatable bonds is 10. The lowest BCUT2D eigenvalue weighted by atomic mass is 9.83. The minimum absolute atomic E-state index is 0.217. The van der Waals surface area contributed by atoms with Crippen LogP contribution in [0.2, 0.25) is 0 Å². The summed E-state index contributed by atoms with van der Waals surface area (Å²) < 4.78 is 4.78. The summed E-state index contributed by atoms with van der Waals surface area (Å²) in [6.45, 7) is 2.94. The van der Waals surface area contributed by atoms with Gasteiger partial charge in [-0.3, -0.25) is 0 Å². The topological polar surface area (TPSA) is 21.9 Å². The molecule has 0 aliphatic rings. The number of aromatic nitrogens is 2. The Kier molecular flexibility index (Phi) is 8.69. The van der Waals surface area contributed by atoms with Gasteiger partial charge >= 0.3 is 0 Å². The highest BCUT2D eigenvalue weighted by molar-refractivity contribution is 6.28. The molecular formula is C53H43N3. The van der Waals surface area contributed by atoms with E-state index in [0.717, 1.165) is 12.8 Å². The van der Waals surface area contributed by atoms with E-state index in [-0.39, 0.29) is 5.92 Å². The second-order valence-corrected chi connectivity index (χ2v) is 14.9. The van der Waals surface area contributed by atoms with Crippen LogP contribution in [-0.4, -0.2) is 9.13 Å². The highest BCUT2D eigenvalue weighted by Crippen LogP contribution is 2.41. The Labute approximate surface area is 328 Å². The van der Waals surface area contributed by atoms with Gasteiger partial charge < -0.3 is 14.5 Å². The van der Waals surface area contributed by atoms with E-state index in [2.05, 4.69) is 216 Å². The van der Waals surface area contributed by atoms with Crippen LogP contribution in [0, 0.1) is 0 Å². The summed E-state index contributed by atoms with van der Waals surface area (Å²) in [5.74, 6) is 0.217. The number of anilines is 1. The molecule has 1 unspecified atom stereocenters. The first kappa shape index (κ1) is 33.7. The average Bonchev–Trinajstić information content (AvgIpc) is 3.85. The monoisotopic (exact) mass is 721 g/mol. The third kappa shape index (κ3) is 5.93. The van der Waals surface area contributed by atoms with E-state index in [4.69, 9.17) is 0 Å². The minimum atomic E-state index is 0.217. The molecule has 3 nitrogen and oxygen atoms in total. The van der Waals surface area contributed by atoms with Crippen LogP contribution in [0.25, 0.3) is 71.4 Å². The number of nitrogens with zero attached hydrogens (tertiary/aromatic N) is 2. The van der Waals surface area contributed by atoms with E-state index in [0.29, 0.717) is 6.67 Å². The van der Waals surface area contributed by atoms with Crippen LogP contribution in [0.1, 0.15) is 36.8 Å². The van der Waals surface area contributed by atoms with Gasteiger partial charge in [-0.25, -0.2) is 0 Å². The van der Waals surface area contributed by atoms with Crippen molar-refractivity contribution in [2.24, 2.45) is 0 Å². The number of benzene rings is 8. The van der Waals surface area contributed by atoms with Gasteiger partial charge in [0.25, 0.3) is 0 Å². The molecule has 10 aromatic rings. The number of fused-ring (bicyclic) bond motifs is 7. The van der Waals surface area contributed by atoms with Crippen molar-refractivity contribution in [1.29, 1.82) is 0 Å². The van der Waals surface area contributed by atoms with Crippen LogP contribution in [0.4, 0.5) is 5.69 Å².